The van der Waals surface area contributed by atoms with Crippen LogP contribution in [0.2, 0.25) is 0 Å². The molecule has 0 saturated carbocycles. The minimum Gasteiger partial charge on any atom is -0.465 e. The van der Waals surface area contributed by atoms with Crippen LogP contribution in [0.3, 0.4) is 0 Å². The first kappa shape index (κ1) is 8.85. The molecule has 0 unspecified atom stereocenters. The SMILES string of the molecule is C=C1C[N-]C(C)=N1.[K+]. The zero-order valence-electron chi connectivity index (χ0n) is 5.31. The molecule has 3 heteroatoms. The van der Waals surface area contributed by atoms with E-state index in [0.717, 1.165) is 11.5 Å². The first-order chi connectivity index (χ1) is 3.29. The summed E-state index contributed by atoms with van der Waals surface area (Å²) in [6.07, 6.45) is 0. The number of rotatable bonds is 0. The average Bonchev–Trinajstić information content (AvgIpc) is 1.87. The topological polar surface area (TPSA) is 26.5 Å². The van der Waals surface area contributed by atoms with Crippen LogP contribution < -0.4 is 51.4 Å². The van der Waals surface area contributed by atoms with Crippen molar-refractivity contribution in [1.82, 2.24) is 0 Å². The molecule has 0 atom stereocenters. The predicted molar refractivity (Wildman–Crippen MR) is 30.5 cm³/mol. The van der Waals surface area contributed by atoms with Gasteiger partial charge in [0.05, 0.1) is 0 Å². The first-order valence-electron chi connectivity index (χ1n) is 2.19. The molecule has 1 aliphatic rings. The summed E-state index contributed by atoms with van der Waals surface area (Å²) in [6, 6.07) is 0. The van der Waals surface area contributed by atoms with Gasteiger partial charge in [-0.3, -0.25) is 0 Å². The summed E-state index contributed by atoms with van der Waals surface area (Å²) in [5.41, 5.74) is 0.873. The fourth-order valence-corrected chi connectivity index (χ4v) is 0.505. The Balaban J connectivity index is 0.000000490. The molecule has 0 aromatic carbocycles. The van der Waals surface area contributed by atoms with E-state index in [9.17, 15) is 0 Å². The molecule has 0 bridgehead atoms. The van der Waals surface area contributed by atoms with Crippen molar-refractivity contribution in [3.05, 3.63) is 17.6 Å². The van der Waals surface area contributed by atoms with Crippen molar-refractivity contribution >= 4 is 5.84 Å². The first-order valence-corrected chi connectivity index (χ1v) is 2.19. The zero-order chi connectivity index (χ0) is 5.28. The third-order valence-electron chi connectivity index (χ3n) is 0.810. The Bertz CT molecular complexity index is 128. The maximum absolute atomic E-state index is 3.97. The van der Waals surface area contributed by atoms with Crippen LogP contribution in [0.25, 0.3) is 5.32 Å². The average molecular weight is 134 g/mol. The Morgan fingerprint density at radius 3 is 2.50 bits per heavy atom. The number of hydrogen-bond donors (Lipinski definition) is 0. The van der Waals surface area contributed by atoms with E-state index in [2.05, 4.69) is 16.9 Å². The fourth-order valence-electron chi connectivity index (χ4n) is 0.505. The third-order valence-corrected chi connectivity index (χ3v) is 0.810. The Labute approximate surface area is 91.9 Å². The molecular formula is C5H7KN2. The molecule has 1 rings (SSSR count). The Morgan fingerprint density at radius 1 is 1.75 bits per heavy atom. The van der Waals surface area contributed by atoms with Crippen molar-refractivity contribution in [2.24, 2.45) is 4.99 Å². The second-order valence-electron chi connectivity index (χ2n) is 1.54. The minimum absolute atomic E-state index is 0. The summed E-state index contributed by atoms with van der Waals surface area (Å²) in [5, 5.41) is 3.97. The third kappa shape index (κ3) is 2.41. The summed E-state index contributed by atoms with van der Waals surface area (Å²) >= 11 is 0. The number of hydrogen-bond acceptors (Lipinski definition) is 1. The summed E-state index contributed by atoms with van der Waals surface area (Å²) in [4.78, 5) is 3.94. The molecule has 0 fully saturated rings. The molecule has 8 heavy (non-hydrogen) atoms. The van der Waals surface area contributed by atoms with Gasteiger partial charge in [-0.1, -0.05) is 11.5 Å². The van der Waals surface area contributed by atoms with Crippen molar-refractivity contribution in [3.63, 3.8) is 0 Å². The number of nitrogens with zero attached hydrogens (tertiary/aromatic N) is 2. The standard InChI is InChI=1S/C5H7N2.K/c1-4-3-6-5(2)7-4;/h1,3H2,2H3;/q-1;+1. The molecule has 1 heterocycles. The molecule has 0 aliphatic carbocycles. The van der Waals surface area contributed by atoms with Gasteiger partial charge in [-0.05, 0) is 13.5 Å². The maximum Gasteiger partial charge on any atom is 1.00 e. The fraction of sp³-hybridized carbons (Fsp3) is 0.400. The van der Waals surface area contributed by atoms with Crippen molar-refractivity contribution in [3.8, 4) is 0 Å². The number of aliphatic imine (C=N–C) groups is 1. The van der Waals surface area contributed by atoms with Crippen LogP contribution in [0.4, 0.5) is 0 Å². The second kappa shape index (κ2) is 3.79. The largest absolute Gasteiger partial charge is 1.00 e. The van der Waals surface area contributed by atoms with Crippen LogP contribution in [0.15, 0.2) is 17.3 Å². The van der Waals surface area contributed by atoms with Crippen molar-refractivity contribution in [1.29, 1.82) is 0 Å². The van der Waals surface area contributed by atoms with Gasteiger partial charge in [0.2, 0.25) is 0 Å². The van der Waals surface area contributed by atoms with Gasteiger partial charge in [0.15, 0.2) is 0 Å². The van der Waals surface area contributed by atoms with E-state index in [4.69, 9.17) is 0 Å². The van der Waals surface area contributed by atoms with E-state index in [1.165, 1.54) is 0 Å². The van der Waals surface area contributed by atoms with Crippen molar-refractivity contribution in [2.75, 3.05) is 6.54 Å². The van der Waals surface area contributed by atoms with Gasteiger partial charge in [-0.2, -0.15) is 0 Å². The molecule has 0 radical (unpaired) electrons. The van der Waals surface area contributed by atoms with Crippen LogP contribution >= 0.6 is 0 Å². The summed E-state index contributed by atoms with van der Waals surface area (Å²) in [7, 11) is 0. The summed E-state index contributed by atoms with van der Waals surface area (Å²) < 4.78 is 0. The molecule has 0 amide bonds. The smallest absolute Gasteiger partial charge is 0.465 e. The van der Waals surface area contributed by atoms with Crippen LogP contribution in [-0.2, 0) is 0 Å². The van der Waals surface area contributed by atoms with Gasteiger partial charge < -0.3 is 10.3 Å². The van der Waals surface area contributed by atoms with Crippen molar-refractivity contribution in [2.45, 2.75) is 6.92 Å². The van der Waals surface area contributed by atoms with E-state index in [0.29, 0.717) is 6.54 Å². The number of amidine groups is 1. The molecular weight excluding hydrogens is 127 g/mol. The van der Waals surface area contributed by atoms with Crippen molar-refractivity contribution < 1.29 is 51.4 Å². The second-order valence-corrected chi connectivity index (χ2v) is 1.54. The van der Waals surface area contributed by atoms with Gasteiger partial charge in [0.25, 0.3) is 0 Å². The predicted octanol–water partition coefficient (Wildman–Crippen LogP) is -1.69. The Morgan fingerprint density at radius 2 is 2.38 bits per heavy atom. The van der Waals surface area contributed by atoms with Crippen LogP contribution in [0.5, 0.6) is 0 Å². The van der Waals surface area contributed by atoms with E-state index in [1.807, 2.05) is 6.92 Å². The Kier molecular flexibility index (Phi) is 4.19. The molecule has 0 aromatic rings. The molecule has 0 aromatic heterocycles. The molecule has 38 valence electrons. The molecule has 0 saturated heterocycles. The molecule has 1 aliphatic heterocycles. The quantitative estimate of drug-likeness (QED) is 0.353. The van der Waals surface area contributed by atoms with Crippen LogP contribution in [0.1, 0.15) is 6.92 Å². The van der Waals surface area contributed by atoms with Gasteiger partial charge in [0, 0.05) is 0 Å². The zero-order valence-corrected chi connectivity index (χ0v) is 8.43. The monoisotopic (exact) mass is 134 g/mol. The van der Waals surface area contributed by atoms with Gasteiger partial charge >= 0.3 is 51.4 Å². The van der Waals surface area contributed by atoms with Gasteiger partial charge in [-0.15, -0.1) is 6.58 Å². The summed E-state index contributed by atoms with van der Waals surface area (Å²) in [5.74, 6) is 0.852. The van der Waals surface area contributed by atoms with E-state index in [-0.39, 0.29) is 51.4 Å². The maximum atomic E-state index is 3.97. The van der Waals surface area contributed by atoms with Crippen LogP contribution in [-0.4, -0.2) is 12.4 Å². The molecule has 0 spiro atoms. The van der Waals surface area contributed by atoms with E-state index >= 15 is 0 Å². The molecule has 2 nitrogen and oxygen atoms in total. The normalized spacial score (nSPS) is 16.6. The van der Waals surface area contributed by atoms with E-state index < -0.39 is 0 Å². The summed E-state index contributed by atoms with van der Waals surface area (Å²) in [6.45, 7) is 6.20. The van der Waals surface area contributed by atoms with Crippen LogP contribution in [0, 0.1) is 0 Å². The van der Waals surface area contributed by atoms with E-state index in [1.54, 1.807) is 0 Å². The van der Waals surface area contributed by atoms with Gasteiger partial charge in [-0.25, -0.2) is 0 Å². The Hall–Kier alpha value is 0.846. The van der Waals surface area contributed by atoms with Gasteiger partial charge in [0.1, 0.15) is 0 Å². The molecule has 0 N–H and O–H groups in total. The minimum atomic E-state index is 0.